The minimum Gasteiger partial charge on any atom is -0.484 e. The molecule has 1 aliphatic carbocycles. The van der Waals surface area contributed by atoms with Gasteiger partial charge < -0.3 is 14.4 Å². The molecule has 0 spiro atoms. The van der Waals surface area contributed by atoms with Gasteiger partial charge in [0.1, 0.15) is 6.61 Å². The Labute approximate surface area is 151 Å². The number of amides is 1. The summed E-state index contributed by atoms with van der Waals surface area (Å²) in [5.41, 5.74) is 1.02. The molecule has 1 amide bonds. The van der Waals surface area contributed by atoms with Crippen LogP contribution in [0.25, 0.3) is 0 Å². The Bertz CT molecular complexity index is 769. The van der Waals surface area contributed by atoms with Gasteiger partial charge in [0, 0.05) is 25.3 Å². The van der Waals surface area contributed by atoms with Crippen molar-refractivity contribution < 1.29 is 18.7 Å². The van der Waals surface area contributed by atoms with Crippen molar-refractivity contribution in [3.05, 3.63) is 47.5 Å². The molecule has 0 radical (unpaired) electrons. The van der Waals surface area contributed by atoms with Gasteiger partial charge in [0.15, 0.2) is 17.3 Å². The van der Waals surface area contributed by atoms with Crippen LogP contribution in [0.3, 0.4) is 0 Å². The largest absolute Gasteiger partial charge is 0.484 e. The van der Waals surface area contributed by atoms with Crippen molar-refractivity contribution in [1.82, 2.24) is 15.1 Å². The van der Waals surface area contributed by atoms with Crippen LogP contribution >= 0.6 is 0 Å². The van der Waals surface area contributed by atoms with Crippen LogP contribution in [0.5, 0.6) is 5.75 Å². The zero-order chi connectivity index (χ0) is 17.9. The topological polar surface area (TPSA) is 67.5 Å². The van der Waals surface area contributed by atoms with Gasteiger partial charge >= 0.3 is 0 Å². The molecule has 138 valence electrons. The van der Waals surface area contributed by atoms with E-state index in [1.165, 1.54) is 6.07 Å². The van der Waals surface area contributed by atoms with E-state index in [9.17, 15) is 9.18 Å². The standard InChI is InChI=1S/C19H22FN3O3/c20-16-3-1-2-4-18(16)26-12-13-11-17(22-21-13)19(24)23(14-5-6-14)15-7-9-25-10-8-15/h1-4,11,14-15H,5-10,12H2,(H,21,22). The number of nitrogens with one attached hydrogen (secondary N) is 1. The number of H-pyrrole nitrogens is 1. The summed E-state index contributed by atoms with van der Waals surface area (Å²) in [5.74, 6) is -0.285. The SMILES string of the molecule is O=C(c1cc(COc2ccccc2F)[nH]n1)N(C1CCOCC1)C1CC1. The predicted molar refractivity (Wildman–Crippen MR) is 92.4 cm³/mol. The highest BCUT2D eigenvalue weighted by atomic mass is 19.1. The fourth-order valence-electron chi connectivity index (χ4n) is 3.34. The average molecular weight is 359 g/mol. The normalized spacial score (nSPS) is 17.9. The summed E-state index contributed by atoms with van der Waals surface area (Å²) in [6.45, 7) is 1.52. The van der Waals surface area contributed by atoms with Crippen LogP contribution in [0.15, 0.2) is 30.3 Å². The van der Waals surface area contributed by atoms with Crippen LogP contribution < -0.4 is 4.74 Å². The maximum Gasteiger partial charge on any atom is 0.274 e. The minimum absolute atomic E-state index is 0.0483. The van der Waals surface area contributed by atoms with Gasteiger partial charge in [-0.2, -0.15) is 5.10 Å². The quantitative estimate of drug-likeness (QED) is 0.861. The van der Waals surface area contributed by atoms with E-state index in [-0.39, 0.29) is 24.3 Å². The highest BCUT2D eigenvalue weighted by molar-refractivity contribution is 5.93. The molecule has 4 rings (SSSR count). The Morgan fingerprint density at radius 2 is 1.96 bits per heavy atom. The molecule has 2 aliphatic rings. The molecule has 2 heterocycles. The maximum absolute atomic E-state index is 13.6. The van der Waals surface area contributed by atoms with Crippen LogP contribution in [-0.2, 0) is 11.3 Å². The van der Waals surface area contributed by atoms with Gasteiger partial charge in [-0.15, -0.1) is 0 Å². The summed E-state index contributed by atoms with van der Waals surface area (Å²) >= 11 is 0. The number of aromatic nitrogens is 2. The third-order valence-corrected chi connectivity index (χ3v) is 4.83. The summed E-state index contributed by atoms with van der Waals surface area (Å²) in [5, 5.41) is 6.98. The molecule has 26 heavy (non-hydrogen) atoms. The number of para-hydroxylation sites is 1. The van der Waals surface area contributed by atoms with Gasteiger partial charge in [-0.25, -0.2) is 4.39 Å². The number of benzene rings is 1. The smallest absolute Gasteiger partial charge is 0.274 e. The third kappa shape index (κ3) is 3.72. The maximum atomic E-state index is 13.6. The van der Waals surface area contributed by atoms with Gasteiger partial charge in [-0.3, -0.25) is 9.89 Å². The highest BCUT2D eigenvalue weighted by Crippen LogP contribution is 2.32. The summed E-state index contributed by atoms with van der Waals surface area (Å²) in [4.78, 5) is 15.0. The fourth-order valence-corrected chi connectivity index (χ4v) is 3.34. The first-order valence-corrected chi connectivity index (χ1v) is 9.04. The van der Waals surface area contributed by atoms with Crippen molar-refractivity contribution in [2.24, 2.45) is 0 Å². The van der Waals surface area contributed by atoms with Crippen LogP contribution in [0.2, 0.25) is 0 Å². The first-order valence-electron chi connectivity index (χ1n) is 9.04. The Morgan fingerprint density at radius 3 is 2.69 bits per heavy atom. The molecule has 2 aromatic rings. The lowest BCUT2D eigenvalue weighted by Gasteiger charge is -2.34. The van der Waals surface area contributed by atoms with Gasteiger partial charge in [-0.05, 0) is 43.9 Å². The molecule has 1 aliphatic heterocycles. The molecule has 0 unspecified atom stereocenters. The monoisotopic (exact) mass is 359 g/mol. The second kappa shape index (κ2) is 7.45. The molecule has 7 heteroatoms. The molecule has 0 bridgehead atoms. The highest BCUT2D eigenvalue weighted by Gasteiger charge is 2.39. The first kappa shape index (κ1) is 17.0. The summed E-state index contributed by atoms with van der Waals surface area (Å²) < 4.78 is 24.5. The molecular weight excluding hydrogens is 337 g/mol. The van der Waals surface area contributed by atoms with Crippen LogP contribution in [-0.4, -0.2) is 46.3 Å². The van der Waals surface area contributed by atoms with Crippen LogP contribution in [0.1, 0.15) is 41.9 Å². The Hall–Kier alpha value is -2.41. The number of hydrogen-bond donors (Lipinski definition) is 1. The average Bonchev–Trinajstić information content (AvgIpc) is 3.38. The van der Waals surface area contributed by atoms with Crippen molar-refractivity contribution >= 4 is 5.91 Å². The summed E-state index contributed by atoms with van der Waals surface area (Å²) in [7, 11) is 0. The molecule has 1 aromatic carbocycles. The van der Waals surface area contributed by atoms with Gasteiger partial charge in [-0.1, -0.05) is 12.1 Å². The number of aromatic amines is 1. The molecule has 2 fully saturated rings. The van der Waals surface area contributed by atoms with E-state index in [0.29, 0.717) is 30.6 Å². The van der Waals surface area contributed by atoms with E-state index in [1.807, 2.05) is 4.90 Å². The van der Waals surface area contributed by atoms with E-state index in [0.717, 1.165) is 25.7 Å². The minimum atomic E-state index is -0.414. The lowest BCUT2D eigenvalue weighted by atomic mass is 10.1. The Morgan fingerprint density at radius 1 is 1.23 bits per heavy atom. The van der Waals surface area contributed by atoms with Crippen LogP contribution in [0.4, 0.5) is 4.39 Å². The number of carbonyl (C=O) groups excluding carboxylic acids is 1. The van der Waals surface area contributed by atoms with Gasteiger partial charge in [0.2, 0.25) is 0 Å². The molecule has 1 N–H and O–H groups in total. The van der Waals surface area contributed by atoms with Crippen LogP contribution in [0, 0.1) is 5.82 Å². The zero-order valence-corrected chi connectivity index (χ0v) is 14.5. The first-order chi connectivity index (χ1) is 12.7. The molecule has 1 saturated carbocycles. The van der Waals surface area contributed by atoms with Crippen molar-refractivity contribution in [1.29, 1.82) is 0 Å². The molecule has 1 saturated heterocycles. The Balaban J connectivity index is 1.42. The fraction of sp³-hybridized carbons (Fsp3) is 0.474. The number of hydrogen-bond acceptors (Lipinski definition) is 4. The van der Waals surface area contributed by atoms with Gasteiger partial charge in [0.25, 0.3) is 5.91 Å². The van der Waals surface area contributed by atoms with E-state index in [4.69, 9.17) is 9.47 Å². The number of ether oxygens (including phenoxy) is 2. The van der Waals surface area contributed by atoms with Crippen molar-refractivity contribution in [3.8, 4) is 5.75 Å². The second-order valence-corrected chi connectivity index (χ2v) is 6.78. The molecule has 1 aromatic heterocycles. The lowest BCUT2D eigenvalue weighted by Crippen LogP contribution is -2.45. The van der Waals surface area contributed by atoms with Crippen molar-refractivity contribution in [2.45, 2.75) is 44.4 Å². The van der Waals surface area contributed by atoms with E-state index < -0.39 is 5.82 Å². The van der Waals surface area contributed by atoms with E-state index in [2.05, 4.69) is 10.2 Å². The molecule has 6 nitrogen and oxygen atoms in total. The molecular formula is C19H22FN3O3. The number of carbonyl (C=O) groups is 1. The van der Waals surface area contributed by atoms with Crippen molar-refractivity contribution in [2.75, 3.05) is 13.2 Å². The van der Waals surface area contributed by atoms with Gasteiger partial charge in [0.05, 0.1) is 5.69 Å². The Kier molecular flexibility index (Phi) is 4.88. The van der Waals surface area contributed by atoms with E-state index >= 15 is 0 Å². The lowest BCUT2D eigenvalue weighted by molar-refractivity contribution is 0.0263. The number of nitrogens with zero attached hydrogens (tertiary/aromatic N) is 2. The summed E-state index contributed by atoms with van der Waals surface area (Å²) in [6, 6.07) is 8.47. The van der Waals surface area contributed by atoms with Crippen molar-refractivity contribution in [3.63, 3.8) is 0 Å². The predicted octanol–water partition coefficient (Wildman–Crippen LogP) is 2.91. The molecule has 0 atom stereocenters. The summed E-state index contributed by atoms with van der Waals surface area (Å²) in [6.07, 6.45) is 3.85. The third-order valence-electron chi connectivity index (χ3n) is 4.83. The number of halogens is 1. The second-order valence-electron chi connectivity index (χ2n) is 6.78. The zero-order valence-electron chi connectivity index (χ0n) is 14.5. The van der Waals surface area contributed by atoms with E-state index in [1.54, 1.807) is 24.3 Å². The number of rotatable bonds is 6.